The molecule has 62 heavy (non-hydrogen) atoms. The molecule has 0 aliphatic rings. The van der Waals surface area contributed by atoms with E-state index in [1.165, 1.54) is 13.2 Å². The number of ether oxygens (including phenoxy) is 4. The molecule has 0 N–H and O–H groups in total. The molecule has 0 unspecified atom stereocenters. The summed E-state index contributed by atoms with van der Waals surface area (Å²) in [6.45, 7) is 10.4. The number of carbonyl (C=O) groups is 3. The molecule has 0 spiro atoms. The van der Waals surface area contributed by atoms with Crippen molar-refractivity contribution in [1.29, 1.82) is 0 Å². The predicted molar refractivity (Wildman–Crippen MR) is 184 cm³/mol. The summed E-state index contributed by atoms with van der Waals surface area (Å²) < 4.78 is 246. The molecule has 2 aromatic carbocycles. The van der Waals surface area contributed by atoms with Gasteiger partial charge in [0, 0.05) is 22.8 Å². The second-order valence-electron chi connectivity index (χ2n) is 12.8. The van der Waals surface area contributed by atoms with Crippen LogP contribution in [0.1, 0.15) is 50.7 Å². The molecule has 0 amide bonds. The van der Waals surface area contributed by atoms with Crippen molar-refractivity contribution in [2.75, 3.05) is 20.3 Å². The maximum atomic E-state index is 14.1. The first-order valence-electron chi connectivity index (χ1n) is 17.1. The minimum absolute atomic E-state index is 0.170. The summed E-state index contributed by atoms with van der Waals surface area (Å²) in [6.07, 6.45) is -0.944. The van der Waals surface area contributed by atoms with E-state index in [1.54, 1.807) is 13.0 Å². The number of esters is 3. The lowest BCUT2D eigenvalue weighted by Gasteiger charge is -2.42. The lowest BCUT2D eigenvalue weighted by Crippen LogP contribution is -2.74. The van der Waals surface area contributed by atoms with Crippen LogP contribution < -0.4 is 9.47 Å². The van der Waals surface area contributed by atoms with Gasteiger partial charge in [0.2, 0.25) is 0 Å². The normalized spacial score (nSPS) is 13.2. The molecule has 2 rings (SSSR count). The first-order chi connectivity index (χ1) is 28.1. The van der Waals surface area contributed by atoms with Gasteiger partial charge in [0.25, 0.3) is 0 Å². The van der Waals surface area contributed by atoms with Crippen LogP contribution >= 0.6 is 0 Å². The Labute approximate surface area is 341 Å². The first kappa shape index (κ1) is 54.7. The molecule has 348 valence electrons. The standard InChI is InChI=1S/C20H26O5.C18H9F17O2/c1-16(2)20(22)25-15-7-5-4-6-14-24-18-11-8-17(9-12-18)10-13-19(21)23-3;1-7(2)10(36)37-9-5-3-8(4-6-9)11(19,20)12(21,22)13(23,24)14(25,26)15(27,28)16(29,30)17(31,32)18(33,34)35/h8-13H,1,4-7,14-15H2,2-3H3;3-6H,1H2,2H3/b13-10+;. The second-order valence-corrected chi connectivity index (χ2v) is 12.8. The molecular formula is C38H35F17O7. The Hall–Kier alpha value is -5.32. The van der Waals surface area contributed by atoms with E-state index in [9.17, 15) is 89.0 Å². The van der Waals surface area contributed by atoms with Crippen LogP contribution in [0.15, 0.2) is 78.9 Å². The molecule has 0 heterocycles. The van der Waals surface area contributed by atoms with Gasteiger partial charge in [-0.25, -0.2) is 14.4 Å². The van der Waals surface area contributed by atoms with Gasteiger partial charge in [-0.15, -0.1) is 0 Å². The highest BCUT2D eigenvalue weighted by atomic mass is 19.4. The summed E-state index contributed by atoms with van der Waals surface area (Å²) in [5, 5.41) is 0. The number of halogens is 17. The van der Waals surface area contributed by atoms with E-state index in [1.807, 2.05) is 24.3 Å². The molecule has 7 nitrogen and oxygen atoms in total. The quantitative estimate of drug-likeness (QED) is 0.0430. The first-order valence-corrected chi connectivity index (χ1v) is 17.1. The zero-order valence-corrected chi connectivity index (χ0v) is 32.2. The maximum Gasteiger partial charge on any atom is 0.460 e. The molecule has 0 aliphatic heterocycles. The monoisotopic (exact) mass is 926 g/mol. The third kappa shape index (κ3) is 12.2. The van der Waals surface area contributed by atoms with E-state index in [0.29, 0.717) is 18.8 Å². The van der Waals surface area contributed by atoms with Crippen molar-refractivity contribution in [3.05, 3.63) is 90.0 Å². The fraction of sp³-hybridized carbons (Fsp3) is 0.447. The van der Waals surface area contributed by atoms with Crippen molar-refractivity contribution in [2.45, 2.75) is 87.2 Å². The molecule has 0 saturated carbocycles. The summed E-state index contributed by atoms with van der Waals surface area (Å²) in [5.41, 5.74) is -1.39. The van der Waals surface area contributed by atoms with Gasteiger partial charge in [-0.3, -0.25) is 0 Å². The van der Waals surface area contributed by atoms with Gasteiger partial charge < -0.3 is 18.9 Å². The number of alkyl halides is 17. The number of carbonyl (C=O) groups excluding carboxylic acids is 3. The SMILES string of the molecule is C=C(C)C(=O)OCCCCCCOc1ccc(/C=C/C(=O)OC)cc1.C=C(C)C(=O)Oc1ccc(C(F)(F)C(F)(F)C(F)(F)C(F)(F)C(F)(F)C(F)(F)C(F)(F)C(F)(F)F)cc1. The van der Waals surface area contributed by atoms with Crippen molar-refractivity contribution in [3.8, 4) is 11.5 Å². The van der Waals surface area contributed by atoms with Crippen LogP contribution in [0.5, 0.6) is 11.5 Å². The van der Waals surface area contributed by atoms with E-state index in [-0.39, 0.29) is 41.8 Å². The summed E-state index contributed by atoms with van der Waals surface area (Å²) in [4.78, 5) is 33.5. The summed E-state index contributed by atoms with van der Waals surface area (Å²) >= 11 is 0. The van der Waals surface area contributed by atoms with E-state index in [0.717, 1.165) is 43.9 Å². The molecule has 2 aromatic rings. The fourth-order valence-corrected chi connectivity index (χ4v) is 4.21. The molecule has 0 bridgehead atoms. The molecule has 0 fully saturated rings. The van der Waals surface area contributed by atoms with Crippen LogP contribution in [-0.4, -0.2) is 79.9 Å². The van der Waals surface area contributed by atoms with Crippen molar-refractivity contribution in [2.24, 2.45) is 0 Å². The van der Waals surface area contributed by atoms with Gasteiger partial charge in [-0.2, -0.15) is 74.6 Å². The number of rotatable bonds is 20. The smallest absolute Gasteiger partial charge is 0.460 e. The lowest BCUT2D eigenvalue weighted by atomic mass is 9.87. The van der Waals surface area contributed by atoms with Gasteiger partial charge in [0.1, 0.15) is 11.5 Å². The van der Waals surface area contributed by atoms with Gasteiger partial charge in [0.15, 0.2) is 0 Å². The molecular weight excluding hydrogens is 891 g/mol. The van der Waals surface area contributed by atoms with Crippen LogP contribution in [0.2, 0.25) is 0 Å². The summed E-state index contributed by atoms with van der Waals surface area (Å²) in [5.74, 6) is -59.0. The van der Waals surface area contributed by atoms with E-state index < -0.39 is 64.9 Å². The van der Waals surface area contributed by atoms with Crippen LogP contribution in [-0.2, 0) is 29.8 Å². The Bertz CT molecular complexity index is 1890. The topological polar surface area (TPSA) is 88.1 Å². The van der Waals surface area contributed by atoms with Gasteiger partial charge >= 0.3 is 65.5 Å². The van der Waals surface area contributed by atoms with Gasteiger partial charge in [-0.1, -0.05) is 25.3 Å². The lowest BCUT2D eigenvalue weighted by molar-refractivity contribution is -0.462. The van der Waals surface area contributed by atoms with Gasteiger partial charge in [0.05, 0.1) is 20.3 Å². The molecule has 0 aromatic heterocycles. The average Bonchev–Trinajstić information content (AvgIpc) is 3.17. The Morgan fingerprint density at radius 1 is 0.548 bits per heavy atom. The molecule has 24 heteroatoms. The zero-order chi connectivity index (χ0) is 48.3. The highest BCUT2D eigenvalue weighted by molar-refractivity contribution is 5.89. The molecule has 0 radical (unpaired) electrons. The molecule has 0 saturated heterocycles. The van der Waals surface area contributed by atoms with E-state index >= 15 is 0 Å². The minimum Gasteiger partial charge on any atom is -0.494 e. The van der Waals surface area contributed by atoms with Crippen LogP contribution in [0, 0.1) is 0 Å². The Balaban J connectivity index is 0.000000668. The average molecular weight is 927 g/mol. The Morgan fingerprint density at radius 3 is 1.40 bits per heavy atom. The largest absolute Gasteiger partial charge is 0.494 e. The Morgan fingerprint density at radius 2 is 0.968 bits per heavy atom. The Kier molecular flexibility index (Phi) is 18.3. The summed E-state index contributed by atoms with van der Waals surface area (Å²) in [7, 11) is 1.35. The third-order valence-electron chi connectivity index (χ3n) is 7.88. The molecule has 0 aliphatic carbocycles. The van der Waals surface area contributed by atoms with Crippen molar-refractivity contribution < 1.29 is 108 Å². The maximum absolute atomic E-state index is 14.1. The number of hydrogen-bond acceptors (Lipinski definition) is 7. The van der Waals surface area contributed by atoms with Crippen molar-refractivity contribution >= 4 is 24.0 Å². The number of methoxy groups -OCH3 is 1. The minimum atomic E-state index is -8.69. The number of unbranched alkanes of at least 4 members (excludes halogenated alkanes) is 3. The van der Waals surface area contributed by atoms with Crippen molar-refractivity contribution in [1.82, 2.24) is 0 Å². The summed E-state index contributed by atoms with van der Waals surface area (Å²) in [6, 6.07) is 7.24. The highest BCUT2D eigenvalue weighted by Crippen LogP contribution is 2.65. The highest BCUT2D eigenvalue weighted by Gasteiger charge is 2.95. The molecule has 0 atom stereocenters. The van der Waals surface area contributed by atoms with Crippen molar-refractivity contribution in [3.63, 3.8) is 0 Å². The second kappa shape index (κ2) is 20.7. The van der Waals surface area contributed by atoms with E-state index in [2.05, 4.69) is 22.6 Å². The number of hydrogen-bond donors (Lipinski definition) is 0. The third-order valence-corrected chi connectivity index (χ3v) is 7.88. The van der Waals surface area contributed by atoms with Crippen LogP contribution in [0.3, 0.4) is 0 Å². The van der Waals surface area contributed by atoms with Gasteiger partial charge in [-0.05, 0) is 87.6 Å². The van der Waals surface area contributed by atoms with Crippen LogP contribution in [0.25, 0.3) is 6.08 Å². The van der Waals surface area contributed by atoms with E-state index in [4.69, 9.17) is 9.47 Å². The number of benzene rings is 2. The van der Waals surface area contributed by atoms with Crippen LogP contribution in [0.4, 0.5) is 74.6 Å². The fourth-order valence-electron chi connectivity index (χ4n) is 4.21. The zero-order valence-electron chi connectivity index (χ0n) is 32.2. The predicted octanol–water partition coefficient (Wildman–Crippen LogP) is 11.6.